The molecule has 2 rings (SSSR count). The quantitative estimate of drug-likeness (QED) is 0.802. The van der Waals surface area contributed by atoms with Crippen molar-refractivity contribution in [3.05, 3.63) is 62.3 Å². The van der Waals surface area contributed by atoms with E-state index in [2.05, 4.69) is 31.9 Å². The third-order valence-corrected chi connectivity index (χ3v) is 4.04. The zero-order valence-electron chi connectivity index (χ0n) is 10.7. The molecule has 0 fully saturated rings. The van der Waals surface area contributed by atoms with E-state index in [1.807, 2.05) is 18.2 Å². The molecule has 0 heterocycles. The summed E-state index contributed by atoms with van der Waals surface area (Å²) in [5.74, 6) is 0.479. The fourth-order valence-electron chi connectivity index (χ4n) is 1.77. The van der Waals surface area contributed by atoms with Crippen molar-refractivity contribution in [1.29, 1.82) is 0 Å². The lowest BCUT2D eigenvalue weighted by atomic mass is 10.1. The van der Waals surface area contributed by atoms with Crippen LogP contribution in [-0.4, -0.2) is 6.54 Å². The standard InChI is InChI=1S/C15H14Br2FNO/c16-12-8-11(1-3-14(12)18)9-20-15-4-2-10(5-6-19)7-13(15)17/h1-4,7-8H,5-6,9,19H2. The monoisotopic (exact) mass is 401 g/mol. The second-order valence-corrected chi connectivity index (χ2v) is 6.05. The van der Waals surface area contributed by atoms with Crippen molar-refractivity contribution in [3.8, 4) is 5.75 Å². The summed E-state index contributed by atoms with van der Waals surface area (Å²) in [6.07, 6.45) is 0.837. The van der Waals surface area contributed by atoms with Crippen LogP contribution in [0.5, 0.6) is 5.75 Å². The van der Waals surface area contributed by atoms with Crippen LogP contribution < -0.4 is 10.5 Å². The highest BCUT2D eigenvalue weighted by molar-refractivity contribution is 9.10. The zero-order valence-corrected chi connectivity index (χ0v) is 13.9. The number of benzene rings is 2. The fraction of sp³-hybridized carbons (Fsp3) is 0.200. The maximum absolute atomic E-state index is 13.1. The van der Waals surface area contributed by atoms with Gasteiger partial charge in [-0.3, -0.25) is 0 Å². The molecule has 0 saturated carbocycles. The molecule has 2 nitrogen and oxygen atoms in total. The Morgan fingerprint density at radius 3 is 2.35 bits per heavy atom. The molecule has 0 unspecified atom stereocenters. The molecule has 2 aromatic carbocycles. The predicted molar refractivity (Wildman–Crippen MR) is 85.3 cm³/mol. The molecule has 20 heavy (non-hydrogen) atoms. The van der Waals surface area contributed by atoms with E-state index >= 15 is 0 Å². The van der Waals surface area contributed by atoms with Gasteiger partial charge in [0.05, 0.1) is 8.95 Å². The Bertz CT molecular complexity index is 604. The van der Waals surface area contributed by atoms with Gasteiger partial charge in [0.2, 0.25) is 0 Å². The molecule has 0 saturated heterocycles. The molecule has 0 bridgehead atoms. The van der Waals surface area contributed by atoms with Crippen molar-refractivity contribution in [2.24, 2.45) is 5.73 Å². The van der Waals surface area contributed by atoms with Gasteiger partial charge in [0, 0.05) is 0 Å². The van der Waals surface area contributed by atoms with Gasteiger partial charge in [-0.2, -0.15) is 0 Å². The summed E-state index contributed by atoms with van der Waals surface area (Å²) in [6, 6.07) is 10.7. The number of halogens is 3. The second-order valence-electron chi connectivity index (χ2n) is 4.34. The number of nitrogens with two attached hydrogens (primary N) is 1. The largest absolute Gasteiger partial charge is 0.488 e. The first kappa shape index (κ1) is 15.5. The van der Waals surface area contributed by atoms with Crippen LogP contribution in [0.3, 0.4) is 0 Å². The van der Waals surface area contributed by atoms with Gasteiger partial charge in [0.25, 0.3) is 0 Å². The van der Waals surface area contributed by atoms with Gasteiger partial charge in [0.15, 0.2) is 0 Å². The SMILES string of the molecule is NCCc1ccc(OCc2ccc(F)c(Br)c2)c(Br)c1. The van der Waals surface area contributed by atoms with E-state index in [-0.39, 0.29) is 5.82 Å². The molecule has 0 radical (unpaired) electrons. The summed E-state index contributed by atoms with van der Waals surface area (Å²) in [4.78, 5) is 0. The number of ether oxygens (including phenoxy) is 1. The van der Waals surface area contributed by atoms with E-state index in [1.54, 1.807) is 12.1 Å². The predicted octanol–water partition coefficient (Wildman–Crippen LogP) is 4.43. The highest BCUT2D eigenvalue weighted by atomic mass is 79.9. The Morgan fingerprint density at radius 2 is 1.70 bits per heavy atom. The van der Waals surface area contributed by atoms with Gasteiger partial charge in [0.1, 0.15) is 18.2 Å². The van der Waals surface area contributed by atoms with E-state index < -0.39 is 0 Å². The van der Waals surface area contributed by atoms with Gasteiger partial charge >= 0.3 is 0 Å². The van der Waals surface area contributed by atoms with Gasteiger partial charge < -0.3 is 10.5 Å². The van der Waals surface area contributed by atoms with Crippen molar-refractivity contribution in [2.75, 3.05) is 6.54 Å². The van der Waals surface area contributed by atoms with Gasteiger partial charge in [-0.1, -0.05) is 12.1 Å². The van der Waals surface area contributed by atoms with Gasteiger partial charge in [-0.05, 0) is 80.2 Å². The summed E-state index contributed by atoms with van der Waals surface area (Å²) in [5, 5.41) is 0. The molecule has 2 aromatic rings. The van der Waals surface area contributed by atoms with Crippen LogP contribution in [0.2, 0.25) is 0 Å². The molecule has 0 atom stereocenters. The fourth-order valence-corrected chi connectivity index (χ4v) is 2.74. The lowest BCUT2D eigenvalue weighted by Gasteiger charge is -2.10. The Morgan fingerprint density at radius 1 is 1.00 bits per heavy atom. The molecule has 0 aliphatic heterocycles. The van der Waals surface area contributed by atoms with Crippen LogP contribution in [0.4, 0.5) is 4.39 Å². The normalized spacial score (nSPS) is 10.6. The van der Waals surface area contributed by atoms with Gasteiger partial charge in [-0.25, -0.2) is 4.39 Å². The van der Waals surface area contributed by atoms with E-state index in [0.29, 0.717) is 17.6 Å². The van der Waals surface area contributed by atoms with Crippen LogP contribution in [-0.2, 0) is 13.0 Å². The van der Waals surface area contributed by atoms with E-state index in [0.717, 1.165) is 27.8 Å². The highest BCUT2D eigenvalue weighted by Gasteiger charge is 2.05. The Hall–Kier alpha value is -0.910. The lowest BCUT2D eigenvalue weighted by molar-refractivity contribution is 0.304. The van der Waals surface area contributed by atoms with Crippen LogP contribution in [0.25, 0.3) is 0 Å². The minimum Gasteiger partial charge on any atom is -0.488 e. The minimum atomic E-state index is -0.277. The minimum absolute atomic E-state index is 0.277. The Kier molecular flexibility index (Phi) is 5.57. The topological polar surface area (TPSA) is 35.2 Å². The van der Waals surface area contributed by atoms with Crippen LogP contribution >= 0.6 is 31.9 Å². The first-order valence-electron chi connectivity index (χ1n) is 6.15. The van der Waals surface area contributed by atoms with E-state index in [9.17, 15) is 4.39 Å². The third-order valence-electron chi connectivity index (χ3n) is 2.81. The average molecular weight is 403 g/mol. The molecule has 0 amide bonds. The average Bonchev–Trinajstić information content (AvgIpc) is 2.42. The second kappa shape index (κ2) is 7.20. The Labute approximate surface area is 134 Å². The summed E-state index contributed by atoms with van der Waals surface area (Å²) in [7, 11) is 0. The maximum Gasteiger partial charge on any atom is 0.137 e. The van der Waals surface area contributed by atoms with E-state index in [1.165, 1.54) is 6.07 Å². The molecule has 0 spiro atoms. The van der Waals surface area contributed by atoms with Crippen LogP contribution in [0, 0.1) is 5.82 Å². The smallest absolute Gasteiger partial charge is 0.137 e. The first-order chi connectivity index (χ1) is 9.60. The van der Waals surface area contributed by atoms with Crippen molar-refractivity contribution in [1.82, 2.24) is 0 Å². The number of rotatable bonds is 5. The van der Waals surface area contributed by atoms with Crippen LogP contribution in [0.1, 0.15) is 11.1 Å². The molecule has 0 aromatic heterocycles. The molecule has 5 heteroatoms. The Balaban J connectivity index is 2.05. The molecule has 106 valence electrons. The third kappa shape index (κ3) is 4.04. The number of hydrogen-bond acceptors (Lipinski definition) is 2. The molecular weight excluding hydrogens is 389 g/mol. The highest BCUT2D eigenvalue weighted by Crippen LogP contribution is 2.27. The summed E-state index contributed by atoms with van der Waals surface area (Å²) >= 11 is 6.64. The molecule has 0 aliphatic carbocycles. The maximum atomic E-state index is 13.1. The molecular formula is C15H14Br2FNO. The van der Waals surface area contributed by atoms with Crippen molar-refractivity contribution >= 4 is 31.9 Å². The summed E-state index contributed by atoms with van der Waals surface area (Å²) in [6.45, 7) is 1.00. The first-order valence-corrected chi connectivity index (χ1v) is 7.74. The number of hydrogen-bond donors (Lipinski definition) is 1. The zero-order chi connectivity index (χ0) is 14.5. The van der Waals surface area contributed by atoms with Crippen molar-refractivity contribution < 1.29 is 9.13 Å². The van der Waals surface area contributed by atoms with Gasteiger partial charge in [-0.15, -0.1) is 0 Å². The molecule has 2 N–H and O–H groups in total. The van der Waals surface area contributed by atoms with Crippen LogP contribution in [0.15, 0.2) is 45.3 Å². The lowest BCUT2D eigenvalue weighted by Crippen LogP contribution is -2.03. The van der Waals surface area contributed by atoms with E-state index in [4.69, 9.17) is 10.5 Å². The summed E-state index contributed by atoms with van der Waals surface area (Å²) in [5.41, 5.74) is 7.59. The summed E-state index contributed by atoms with van der Waals surface area (Å²) < 4.78 is 20.2. The van der Waals surface area contributed by atoms with Crippen molar-refractivity contribution in [2.45, 2.75) is 13.0 Å². The van der Waals surface area contributed by atoms with Crippen molar-refractivity contribution in [3.63, 3.8) is 0 Å². The molecule has 0 aliphatic rings.